The van der Waals surface area contributed by atoms with E-state index in [1.165, 1.54) is 87.2 Å². The van der Waals surface area contributed by atoms with Gasteiger partial charge in [0.25, 0.3) is 0 Å². The number of hydrogen-bond acceptors (Lipinski definition) is 0. The zero-order chi connectivity index (χ0) is 29.0. The maximum atomic E-state index is 2.39. The van der Waals surface area contributed by atoms with Gasteiger partial charge in [0.05, 0.1) is 0 Å². The van der Waals surface area contributed by atoms with Gasteiger partial charge in [-0.2, -0.15) is 0 Å². The minimum atomic E-state index is 1.22. The molecule has 44 heavy (non-hydrogen) atoms. The molecule has 0 nitrogen and oxygen atoms in total. The van der Waals surface area contributed by atoms with Crippen LogP contribution >= 0.6 is 0 Å². The smallest absolute Gasteiger partial charge is 0.00201 e. The summed E-state index contributed by atoms with van der Waals surface area (Å²) in [5, 5.41) is 12.8. The molecular weight excluding hydrogens is 528 g/mol. The summed E-state index contributed by atoms with van der Waals surface area (Å²) in [5.74, 6) is 0. The lowest BCUT2D eigenvalue weighted by Gasteiger charge is -2.20. The van der Waals surface area contributed by atoms with Gasteiger partial charge < -0.3 is 0 Å². The van der Waals surface area contributed by atoms with Crippen LogP contribution in [-0.2, 0) is 0 Å². The van der Waals surface area contributed by atoms with Gasteiger partial charge in [-0.25, -0.2) is 0 Å². The zero-order valence-electron chi connectivity index (χ0n) is 24.2. The topological polar surface area (TPSA) is 0 Å². The van der Waals surface area contributed by atoms with Gasteiger partial charge in [-0.3, -0.25) is 0 Å². The summed E-state index contributed by atoms with van der Waals surface area (Å²) < 4.78 is 0. The average Bonchev–Trinajstić information content (AvgIpc) is 3.10. The Hall–Kier alpha value is -5.72. The number of rotatable bonds is 3. The van der Waals surface area contributed by atoms with Crippen molar-refractivity contribution in [1.82, 2.24) is 0 Å². The van der Waals surface area contributed by atoms with E-state index in [-0.39, 0.29) is 0 Å². The van der Waals surface area contributed by atoms with E-state index >= 15 is 0 Å². The van der Waals surface area contributed by atoms with Crippen molar-refractivity contribution in [2.24, 2.45) is 0 Å². The Kier molecular flexibility index (Phi) is 5.61. The lowest BCUT2D eigenvalue weighted by Crippen LogP contribution is -1.93. The maximum absolute atomic E-state index is 2.39. The highest BCUT2D eigenvalue weighted by Crippen LogP contribution is 2.47. The monoisotopic (exact) mass is 556 g/mol. The van der Waals surface area contributed by atoms with Crippen LogP contribution in [0.2, 0.25) is 0 Å². The Labute approximate surface area is 256 Å². The quantitative estimate of drug-likeness (QED) is 0.150. The van der Waals surface area contributed by atoms with Crippen molar-refractivity contribution in [2.75, 3.05) is 0 Å². The molecule has 0 aromatic heterocycles. The standard InChI is InChI=1S/C44H28/c1-2-13-29(14-3-1)33-17-6-10-21-37(33)44-41(26-25-32-27-30-15-4-5-16-31(30)28-42(32)44)40-24-12-23-39-36-19-8-7-18-34(36)35-20-9-11-22-38(35)43(39)40/h1-28H. The highest BCUT2D eigenvalue weighted by Gasteiger charge is 2.19. The second-order valence-electron chi connectivity index (χ2n) is 11.6. The third-order valence-electron chi connectivity index (χ3n) is 9.23. The van der Waals surface area contributed by atoms with Crippen LogP contribution in [0.4, 0.5) is 0 Å². The predicted octanol–water partition coefficient (Wildman–Crippen LogP) is 12.5. The van der Waals surface area contributed by atoms with Gasteiger partial charge in [-0.05, 0) is 99.4 Å². The van der Waals surface area contributed by atoms with Crippen molar-refractivity contribution in [3.05, 3.63) is 170 Å². The van der Waals surface area contributed by atoms with Gasteiger partial charge in [0.1, 0.15) is 0 Å². The van der Waals surface area contributed by atoms with E-state index in [1.807, 2.05) is 0 Å². The van der Waals surface area contributed by atoms with Gasteiger partial charge in [-0.1, -0.05) is 158 Å². The second kappa shape index (κ2) is 9.93. The third-order valence-corrected chi connectivity index (χ3v) is 9.23. The van der Waals surface area contributed by atoms with Gasteiger partial charge >= 0.3 is 0 Å². The molecule has 0 aliphatic carbocycles. The van der Waals surface area contributed by atoms with E-state index in [0.29, 0.717) is 0 Å². The van der Waals surface area contributed by atoms with Crippen LogP contribution in [0.5, 0.6) is 0 Å². The van der Waals surface area contributed by atoms with E-state index in [0.717, 1.165) is 0 Å². The summed E-state index contributed by atoms with van der Waals surface area (Å²) in [6.45, 7) is 0. The molecule has 9 aromatic rings. The second-order valence-corrected chi connectivity index (χ2v) is 11.6. The Balaban J connectivity index is 1.47. The number of hydrogen-bond donors (Lipinski definition) is 0. The Morgan fingerprint density at radius 2 is 0.773 bits per heavy atom. The molecule has 9 aromatic carbocycles. The molecule has 0 atom stereocenters. The molecule has 0 aliphatic heterocycles. The first-order valence-corrected chi connectivity index (χ1v) is 15.3. The van der Waals surface area contributed by atoms with Gasteiger partial charge in [0, 0.05) is 0 Å². The lowest BCUT2D eigenvalue weighted by molar-refractivity contribution is 1.59. The summed E-state index contributed by atoms with van der Waals surface area (Å²) in [5.41, 5.74) is 7.50. The first-order valence-electron chi connectivity index (χ1n) is 15.3. The van der Waals surface area contributed by atoms with Crippen molar-refractivity contribution in [1.29, 1.82) is 0 Å². The number of benzene rings is 9. The first kappa shape index (κ1) is 24.8. The van der Waals surface area contributed by atoms with Crippen LogP contribution in [-0.4, -0.2) is 0 Å². The highest BCUT2D eigenvalue weighted by molar-refractivity contribution is 6.29. The van der Waals surface area contributed by atoms with Gasteiger partial charge in [0.15, 0.2) is 0 Å². The molecule has 0 heteroatoms. The fourth-order valence-electron chi connectivity index (χ4n) is 7.28. The van der Waals surface area contributed by atoms with Crippen molar-refractivity contribution in [3.63, 3.8) is 0 Å². The fourth-order valence-corrected chi connectivity index (χ4v) is 7.28. The summed E-state index contributed by atoms with van der Waals surface area (Å²) in [6.07, 6.45) is 0. The average molecular weight is 557 g/mol. The molecule has 0 unspecified atom stereocenters. The minimum Gasteiger partial charge on any atom is -0.0622 e. The predicted molar refractivity (Wildman–Crippen MR) is 190 cm³/mol. The molecule has 204 valence electrons. The van der Waals surface area contributed by atoms with Crippen molar-refractivity contribution in [3.8, 4) is 33.4 Å². The maximum Gasteiger partial charge on any atom is -0.00201 e. The van der Waals surface area contributed by atoms with Crippen LogP contribution in [0, 0.1) is 0 Å². The van der Waals surface area contributed by atoms with Crippen molar-refractivity contribution < 1.29 is 0 Å². The molecule has 0 heterocycles. The highest BCUT2D eigenvalue weighted by atomic mass is 14.2. The Morgan fingerprint density at radius 1 is 0.250 bits per heavy atom. The zero-order valence-corrected chi connectivity index (χ0v) is 24.2. The van der Waals surface area contributed by atoms with E-state index in [9.17, 15) is 0 Å². The summed E-state index contributed by atoms with van der Waals surface area (Å²) in [7, 11) is 0. The largest absolute Gasteiger partial charge is 0.0622 e. The van der Waals surface area contributed by atoms with Crippen molar-refractivity contribution >= 4 is 53.9 Å². The number of fused-ring (bicyclic) bond motifs is 8. The summed E-state index contributed by atoms with van der Waals surface area (Å²) in [6, 6.07) is 62.4. The summed E-state index contributed by atoms with van der Waals surface area (Å²) in [4.78, 5) is 0. The van der Waals surface area contributed by atoms with Crippen LogP contribution < -0.4 is 0 Å². The molecule has 9 rings (SSSR count). The van der Waals surface area contributed by atoms with E-state index in [4.69, 9.17) is 0 Å². The minimum absolute atomic E-state index is 1.22. The van der Waals surface area contributed by atoms with Gasteiger partial charge in [-0.15, -0.1) is 0 Å². The Morgan fingerprint density at radius 3 is 1.50 bits per heavy atom. The molecule has 0 saturated heterocycles. The van der Waals surface area contributed by atoms with E-state index in [2.05, 4.69) is 170 Å². The molecule has 0 N–H and O–H groups in total. The third kappa shape index (κ3) is 3.78. The molecule has 0 radical (unpaired) electrons. The summed E-state index contributed by atoms with van der Waals surface area (Å²) >= 11 is 0. The fraction of sp³-hybridized carbons (Fsp3) is 0. The molecular formula is C44H28. The van der Waals surface area contributed by atoms with E-state index in [1.54, 1.807) is 0 Å². The SMILES string of the molecule is c1ccc(-c2ccccc2-c2c(-c3cccc4c5ccccc5c5ccccc5c34)ccc3cc4ccccc4cc23)cc1. The molecule has 0 spiro atoms. The van der Waals surface area contributed by atoms with Crippen LogP contribution in [0.15, 0.2) is 170 Å². The van der Waals surface area contributed by atoms with Crippen LogP contribution in [0.25, 0.3) is 87.2 Å². The normalized spacial score (nSPS) is 11.6. The first-order chi connectivity index (χ1) is 21.8. The molecule has 0 fully saturated rings. The Bertz CT molecular complexity index is 2490. The van der Waals surface area contributed by atoms with Gasteiger partial charge in [0.2, 0.25) is 0 Å². The van der Waals surface area contributed by atoms with Crippen LogP contribution in [0.3, 0.4) is 0 Å². The molecule has 0 amide bonds. The van der Waals surface area contributed by atoms with Crippen molar-refractivity contribution in [2.45, 2.75) is 0 Å². The molecule has 0 saturated carbocycles. The lowest BCUT2D eigenvalue weighted by atomic mass is 9.83. The molecule has 0 bridgehead atoms. The molecule has 0 aliphatic rings. The van der Waals surface area contributed by atoms with Crippen LogP contribution in [0.1, 0.15) is 0 Å². The van der Waals surface area contributed by atoms with E-state index < -0.39 is 0 Å².